The number of aromatic nitrogens is 4. The lowest BCUT2D eigenvalue weighted by Crippen LogP contribution is -2.06. The molecule has 4 aromatic rings. The van der Waals surface area contributed by atoms with Crippen molar-refractivity contribution in [2.45, 2.75) is 13.0 Å². The number of hydrogen-bond donors (Lipinski definition) is 2. The molecular formula is C20H16ClF2N5O. The van der Waals surface area contributed by atoms with Crippen LogP contribution in [0.5, 0.6) is 5.88 Å². The summed E-state index contributed by atoms with van der Waals surface area (Å²) in [6.45, 7) is 0.245. The van der Waals surface area contributed by atoms with Gasteiger partial charge in [0.05, 0.1) is 24.4 Å². The maximum Gasteiger partial charge on any atom is 0.250 e. The highest BCUT2D eigenvalue weighted by molar-refractivity contribution is 6.31. The molecule has 0 aliphatic rings. The van der Waals surface area contributed by atoms with E-state index in [0.29, 0.717) is 34.2 Å². The SMILES string of the molecule is COc1nc(CNc2ccc(Cc3c[nH]c4ncc(Cl)cc34)c(F)n2)ccc1F. The van der Waals surface area contributed by atoms with Crippen LogP contribution in [0.3, 0.4) is 0 Å². The van der Waals surface area contributed by atoms with Gasteiger partial charge in [-0.1, -0.05) is 17.7 Å². The number of aromatic amines is 1. The molecule has 0 aliphatic heterocycles. The fourth-order valence-corrected chi connectivity index (χ4v) is 3.12. The van der Waals surface area contributed by atoms with E-state index in [0.717, 1.165) is 10.9 Å². The Labute approximate surface area is 169 Å². The lowest BCUT2D eigenvalue weighted by atomic mass is 10.1. The van der Waals surface area contributed by atoms with E-state index in [2.05, 4.69) is 25.3 Å². The lowest BCUT2D eigenvalue weighted by Gasteiger charge is -2.09. The summed E-state index contributed by atoms with van der Waals surface area (Å²) in [6.07, 6.45) is 3.68. The second-order valence-corrected chi connectivity index (χ2v) is 6.77. The van der Waals surface area contributed by atoms with Gasteiger partial charge in [-0.3, -0.25) is 0 Å². The van der Waals surface area contributed by atoms with Crippen LogP contribution < -0.4 is 10.1 Å². The summed E-state index contributed by atoms with van der Waals surface area (Å²) < 4.78 is 32.8. The number of pyridine rings is 3. The number of nitrogens with zero attached hydrogens (tertiary/aromatic N) is 3. The molecule has 4 aromatic heterocycles. The van der Waals surface area contributed by atoms with Crippen molar-refractivity contribution >= 4 is 28.5 Å². The van der Waals surface area contributed by atoms with Gasteiger partial charge < -0.3 is 15.0 Å². The van der Waals surface area contributed by atoms with E-state index in [4.69, 9.17) is 16.3 Å². The summed E-state index contributed by atoms with van der Waals surface area (Å²) in [6, 6.07) is 7.92. The van der Waals surface area contributed by atoms with Crippen LogP contribution in [0.25, 0.3) is 11.0 Å². The van der Waals surface area contributed by atoms with E-state index in [1.165, 1.54) is 19.2 Å². The van der Waals surface area contributed by atoms with Crippen molar-refractivity contribution in [2.24, 2.45) is 0 Å². The monoisotopic (exact) mass is 415 g/mol. The predicted molar refractivity (Wildman–Crippen MR) is 106 cm³/mol. The van der Waals surface area contributed by atoms with Gasteiger partial charge in [-0.25, -0.2) is 19.3 Å². The summed E-state index contributed by atoms with van der Waals surface area (Å²) >= 11 is 6.01. The Morgan fingerprint density at radius 3 is 2.79 bits per heavy atom. The smallest absolute Gasteiger partial charge is 0.250 e. The zero-order valence-electron chi connectivity index (χ0n) is 15.3. The molecule has 0 atom stereocenters. The number of hydrogen-bond acceptors (Lipinski definition) is 5. The molecule has 0 spiro atoms. The second kappa shape index (κ2) is 8.00. The largest absolute Gasteiger partial charge is 0.479 e. The van der Waals surface area contributed by atoms with Crippen molar-refractivity contribution in [1.29, 1.82) is 0 Å². The molecule has 0 unspecified atom stereocenters. The van der Waals surface area contributed by atoms with Gasteiger partial charge in [0, 0.05) is 29.8 Å². The van der Waals surface area contributed by atoms with Crippen molar-refractivity contribution in [3.05, 3.63) is 76.3 Å². The zero-order valence-corrected chi connectivity index (χ0v) is 16.1. The number of ether oxygens (including phenoxy) is 1. The highest BCUT2D eigenvalue weighted by Crippen LogP contribution is 2.24. The molecule has 2 N–H and O–H groups in total. The Morgan fingerprint density at radius 2 is 2.00 bits per heavy atom. The third kappa shape index (κ3) is 4.12. The van der Waals surface area contributed by atoms with Gasteiger partial charge in [0.25, 0.3) is 0 Å². The van der Waals surface area contributed by atoms with Gasteiger partial charge in [0.15, 0.2) is 5.82 Å². The number of methoxy groups -OCH3 is 1. The van der Waals surface area contributed by atoms with Gasteiger partial charge in [-0.05, 0) is 29.8 Å². The maximum absolute atomic E-state index is 14.5. The molecule has 0 bridgehead atoms. The zero-order chi connectivity index (χ0) is 20.4. The van der Waals surface area contributed by atoms with Gasteiger partial charge in [-0.2, -0.15) is 4.39 Å². The molecule has 0 aliphatic carbocycles. The first-order valence-corrected chi connectivity index (χ1v) is 9.11. The first-order valence-electron chi connectivity index (χ1n) is 8.73. The molecule has 0 saturated heterocycles. The molecule has 6 nitrogen and oxygen atoms in total. The van der Waals surface area contributed by atoms with Crippen LogP contribution in [0, 0.1) is 11.8 Å². The van der Waals surface area contributed by atoms with Crippen molar-refractivity contribution in [3.8, 4) is 5.88 Å². The molecule has 0 aromatic carbocycles. The van der Waals surface area contributed by atoms with Crippen molar-refractivity contribution in [3.63, 3.8) is 0 Å². The van der Waals surface area contributed by atoms with Crippen LogP contribution in [0.15, 0.2) is 42.7 Å². The second-order valence-electron chi connectivity index (χ2n) is 6.33. The van der Waals surface area contributed by atoms with Crippen LogP contribution in [-0.4, -0.2) is 27.0 Å². The van der Waals surface area contributed by atoms with Crippen molar-refractivity contribution in [1.82, 2.24) is 19.9 Å². The highest BCUT2D eigenvalue weighted by atomic mass is 35.5. The van der Waals surface area contributed by atoms with Gasteiger partial charge in [0.1, 0.15) is 11.5 Å². The Kier molecular flexibility index (Phi) is 5.26. The number of fused-ring (bicyclic) bond motifs is 1. The molecule has 0 amide bonds. The quantitative estimate of drug-likeness (QED) is 0.453. The van der Waals surface area contributed by atoms with E-state index in [1.807, 2.05) is 0 Å². The summed E-state index contributed by atoms with van der Waals surface area (Å²) in [7, 11) is 1.34. The third-order valence-corrected chi connectivity index (χ3v) is 4.61. The third-order valence-electron chi connectivity index (χ3n) is 4.41. The molecule has 0 fully saturated rings. The lowest BCUT2D eigenvalue weighted by molar-refractivity contribution is 0.367. The number of nitrogens with one attached hydrogen (secondary N) is 2. The molecule has 4 rings (SSSR count). The number of halogens is 3. The summed E-state index contributed by atoms with van der Waals surface area (Å²) in [5, 5.41) is 4.33. The Balaban J connectivity index is 1.48. The predicted octanol–water partition coefficient (Wildman–Crippen LogP) is 4.50. The fourth-order valence-electron chi connectivity index (χ4n) is 2.96. The van der Waals surface area contributed by atoms with Crippen LogP contribution in [0.4, 0.5) is 14.6 Å². The van der Waals surface area contributed by atoms with E-state index >= 15 is 0 Å². The molecule has 148 valence electrons. The van der Waals surface area contributed by atoms with E-state index < -0.39 is 11.8 Å². The molecule has 9 heteroatoms. The van der Waals surface area contributed by atoms with Gasteiger partial charge in [-0.15, -0.1) is 0 Å². The average molecular weight is 416 g/mol. The van der Waals surface area contributed by atoms with Gasteiger partial charge in [0.2, 0.25) is 11.8 Å². The summed E-state index contributed by atoms with van der Waals surface area (Å²) in [5.41, 5.74) is 2.55. The first-order chi connectivity index (χ1) is 14.0. The standard InChI is InChI=1S/C20H16ClF2N5O/c1-29-20-16(22)4-3-14(27-20)10-24-17-5-2-11(18(23)28-17)6-12-8-25-19-15(12)7-13(21)9-26-19/h2-5,7-9H,6,10H2,1H3,(H,24,28)(H,25,26). The van der Waals surface area contributed by atoms with Crippen LogP contribution >= 0.6 is 11.6 Å². The Morgan fingerprint density at radius 1 is 1.14 bits per heavy atom. The Hall–Kier alpha value is -3.26. The minimum atomic E-state index is -0.580. The molecule has 29 heavy (non-hydrogen) atoms. The van der Waals surface area contributed by atoms with Crippen LogP contribution in [0.1, 0.15) is 16.8 Å². The summed E-state index contributed by atoms with van der Waals surface area (Å²) in [4.78, 5) is 15.2. The minimum Gasteiger partial charge on any atom is -0.479 e. The maximum atomic E-state index is 14.5. The van der Waals surface area contributed by atoms with Crippen LogP contribution in [0.2, 0.25) is 5.02 Å². The molecule has 0 saturated carbocycles. The number of H-pyrrole nitrogens is 1. The number of rotatable bonds is 6. The number of anilines is 1. The van der Waals surface area contributed by atoms with E-state index in [-0.39, 0.29) is 12.4 Å². The fraction of sp³-hybridized carbons (Fsp3) is 0.150. The van der Waals surface area contributed by atoms with Crippen molar-refractivity contribution < 1.29 is 13.5 Å². The molecule has 4 heterocycles. The molecule has 0 radical (unpaired) electrons. The minimum absolute atomic E-state index is 0.0906. The normalized spacial score (nSPS) is 11.0. The molecular weight excluding hydrogens is 400 g/mol. The summed E-state index contributed by atoms with van der Waals surface area (Å²) in [5.74, 6) is -0.866. The van der Waals surface area contributed by atoms with E-state index in [1.54, 1.807) is 30.6 Å². The van der Waals surface area contributed by atoms with Gasteiger partial charge >= 0.3 is 0 Å². The topological polar surface area (TPSA) is 75.7 Å². The van der Waals surface area contributed by atoms with Crippen molar-refractivity contribution in [2.75, 3.05) is 12.4 Å². The Bertz CT molecular complexity index is 1180. The average Bonchev–Trinajstić information content (AvgIpc) is 3.11. The first kappa shape index (κ1) is 19.1. The highest BCUT2D eigenvalue weighted by Gasteiger charge is 2.12. The van der Waals surface area contributed by atoms with E-state index in [9.17, 15) is 8.78 Å². The van der Waals surface area contributed by atoms with Crippen LogP contribution in [-0.2, 0) is 13.0 Å².